The molecule has 0 spiro atoms. The molecule has 112 valence electrons. The largest absolute Gasteiger partial charge is 0.319 e. The molecule has 1 heterocycles. The third kappa shape index (κ3) is 3.50. The Kier molecular flexibility index (Phi) is 5.12. The molecule has 1 N–H and O–H groups in total. The van der Waals surface area contributed by atoms with E-state index in [2.05, 4.69) is 67.1 Å². The molecular weight excluding hydrogens is 326 g/mol. The molecule has 3 nitrogen and oxygen atoms in total. The summed E-state index contributed by atoms with van der Waals surface area (Å²) in [7, 11) is 1.97. The minimum absolute atomic E-state index is 0.411. The lowest BCUT2D eigenvalue weighted by Crippen LogP contribution is -2.17. The summed E-state index contributed by atoms with van der Waals surface area (Å²) in [4.78, 5) is 9.44. The summed E-state index contributed by atoms with van der Waals surface area (Å²) in [6, 6.07) is 6.25. The molecule has 0 aliphatic heterocycles. The first-order valence-corrected chi connectivity index (χ1v) is 7.99. The number of benzene rings is 1. The number of aryl methyl sites for hydroxylation is 3. The maximum Gasteiger partial charge on any atom is 0.159 e. The highest BCUT2D eigenvalue weighted by molar-refractivity contribution is 9.10. The number of nitrogens with one attached hydrogen (secondary N) is 1. The van der Waals surface area contributed by atoms with Crippen molar-refractivity contribution < 1.29 is 0 Å². The van der Waals surface area contributed by atoms with E-state index in [0.29, 0.717) is 5.92 Å². The summed E-state index contributed by atoms with van der Waals surface area (Å²) in [5.74, 6) is 1.21. The van der Waals surface area contributed by atoms with Gasteiger partial charge in [0, 0.05) is 28.0 Å². The molecule has 0 radical (unpaired) electrons. The lowest BCUT2D eigenvalue weighted by molar-refractivity contribution is 0.663. The van der Waals surface area contributed by atoms with Gasteiger partial charge in [-0.05, 0) is 50.9 Å². The van der Waals surface area contributed by atoms with Gasteiger partial charge in [-0.25, -0.2) is 9.97 Å². The van der Waals surface area contributed by atoms with Gasteiger partial charge in [0.1, 0.15) is 0 Å². The summed E-state index contributed by atoms with van der Waals surface area (Å²) in [6.45, 7) is 9.36. The first kappa shape index (κ1) is 16.1. The van der Waals surface area contributed by atoms with Crippen LogP contribution in [0.5, 0.6) is 0 Å². The van der Waals surface area contributed by atoms with Crippen molar-refractivity contribution in [2.75, 3.05) is 13.6 Å². The van der Waals surface area contributed by atoms with Crippen LogP contribution in [0.3, 0.4) is 0 Å². The normalized spacial score (nSPS) is 12.5. The van der Waals surface area contributed by atoms with Gasteiger partial charge in [0.25, 0.3) is 0 Å². The van der Waals surface area contributed by atoms with Gasteiger partial charge < -0.3 is 5.32 Å². The van der Waals surface area contributed by atoms with E-state index in [1.807, 2.05) is 7.05 Å². The van der Waals surface area contributed by atoms with Crippen molar-refractivity contribution in [2.24, 2.45) is 0 Å². The van der Waals surface area contributed by atoms with Gasteiger partial charge in [-0.3, -0.25) is 0 Å². The Morgan fingerprint density at radius 2 is 1.76 bits per heavy atom. The smallest absolute Gasteiger partial charge is 0.159 e. The second-order valence-electron chi connectivity index (χ2n) is 5.55. The van der Waals surface area contributed by atoms with Gasteiger partial charge in [-0.1, -0.05) is 35.0 Å². The number of hydrogen-bond donors (Lipinski definition) is 1. The Morgan fingerprint density at radius 1 is 1.14 bits per heavy atom. The van der Waals surface area contributed by atoms with Gasteiger partial charge in [0.05, 0.1) is 0 Å². The van der Waals surface area contributed by atoms with Gasteiger partial charge in [-0.15, -0.1) is 0 Å². The molecule has 1 aromatic carbocycles. The monoisotopic (exact) mass is 347 g/mol. The zero-order valence-corrected chi connectivity index (χ0v) is 14.9. The summed E-state index contributed by atoms with van der Waals surface area (Å²) in [5.41, 5.74) is 5.64. The molecule has 0 saturated carbocycles. The number of hydrogen-bond acceptors (Lipinski definition) is 3. The Hall–Kier alpha value is -1.26. The Morgan fingerprint density at radius 3 is 2.29 bits per heavy atom. The Labute approximate surface area is 135 Å². The van der Waals surface area contributed by atoms with E-state index in [0.717, 1.165) is 33.8 Å². The van der Waals surface area contributed by atoms with Crippen LogP contribution in [0.4, 0.5) is 0 Å². The maximum absolute atomic E-state index is 4.72. The second kappa shape index (κ2) is 6.67. The molecule has 0 fully saturated rings. The van der Waals surface area contributed by atoms with Crippen molar-refractivity contribution in [2.45, 2.75) is 33.6 Å². The molecule has 0 aliphatic rings. The third-order valence-corrected chi connectivity index (χ3v) is 4.61. The Balaban J connectivity index is 2.46. The molecule has 1 unspecified atom stereocenters. The lowest BCUT2D eigenvalue weighted by atomic mass is 9.97. The van der Waals surface area contributed by atoms with Crippen LogP contribution < -0.4 is 5.32 Å². The van der Waals surface area contributed by atoms with Crippen molar-refractivity contribution in [3.05, 3.63) is 45.2 Å². The Bertz CT molecular complexity index is 629. The average molecular weight is 348 g/mol. The fourth-order valence-electron chi connectivity index (χ4n) is 2.71. The number of rotatable bonds is 4. The molecule has 4 heteroatoms. The van der Waals surface area contributed by atoms with E-state index >= 15 is 0 Å². The summed E-state index contributed by atoms with van der Waals surface area (Å²) in [6.07, 6.45) is 0. The molecule has 0 aliphatic carbocycles. The van der Waals surface area contributed by atoms with Gasteiger partial charge >= 0.3 is 0 Å². The zero-order chi connectivity index (χ0) is 15.6. The highest BCUT2D eigenvalue weighted by Gasteiger charge is 2.15. The molecule has 0 amide bonds. The summed E-state index contributed by atoms with van der Waals surface area (Å²) in [5, 5.41) is 3.22. The van der Waals surface area contributed by atoms with Crippen LogP contribution in [0.1, 0.15) is 35.4 Å². The van der Waals surface area contributed by atoms with Crippen molar-refractivity contribution >= 4 is 15.9 Å². The third-order valence-electron chi connectivity index (χ3n) is 3.76. The fourth-order valence-corrected chi connectivity index (χ4v) is 3.09. The molecule has 2 aromatic rings. The summed E-state index contributed by atoms with van der Waals surface area (Å²) < 4.78 is 1.09. The van der Waals surface area contributed by atoms with Crippen LogP contribution in [0.15, 0.2) is 22.7 Å². The maximum atomic E-state index is 4.72. The molecule has 0 saturated heterocycles. The van der Waals surface area contributed by atoms with E-state index in [9.17, 15) is 0 Å². The van der Waals surface area contributed by atoms with Crippen LogP contribution in [0.2, 0.25) is 0 Å². The molecule has 21 heavy (non-hydrogen) atoms. The van der Waals surface area contributed by atoms with Crippen molar-refractivity contribution in [1.82, 2.24) is 15.3 Å². The predicted octanol–water partition coefficient (Wildman–Crippen LogP) is 4.15. The van der Waals surface area contributed by atoms with Gasteiger partial charge in [0.15, 0.2) is 5.82 Å². The topological polar surface area (TPSA) is 37.8 Å². The minimum atomic E-state index is 0.411. The summed E-state index contributed by atoms with van der Waals surface area (Å²) >= 11 is 3.57. The zero-order valence-electron chi connectivity index (χ0n) is 13.3. The van der Waals surface area contributed by atoms with Crippen molar-refractivity contribution in [1.29, 1.82) is 0 Å². The van der Waals surface area contributed by atoms with Crippen LogP contribution in [-0.2, 0) is 0 Å². The van der Waals surface area contributed by atoms with Crippen molar-refractivity contribution in [3.8, 4) is 11.4 Å². The first-order chi connectivity index (χ1) is 9.93. The van der Waals surface area contributed by atoms with Gasteiger partial charge in [0.2, 0.25) is 0 Å². The minimum Gasteiger partial charge on any atom is -0.319 e. The second-order valence-corrected chi connectivity index (χ2v) is 6.41. The van der Waals surface area contributed by atoms with Crippen LogP contribution in [0, 0.1) is 20.8 Å². The first-order valence-electron chi connectivity index (χ1n) is 7.20. The lowest BCUT2D eigenvalue weighted by Gasteiger charge is -2.17. The molecule has 1 aromatic heterocycles. The van der Waals surface area contributed by atoms with Crippen LogP contribution in [0.25, 0.3) is 11.4 Å². The molecule has 0 bridgehead atoms. The van der Waals surface area contributed by atoms with E-state index in [-0.39, 0.29) is 0 Å². The van der Waals surface area contributed by atoms with E-state index < -0.39 is 0 Å². The molecule has 1 atom stereocenters. The number of aromatic nitrogens is 2. The molecular formula is C17H22BrN3. The van der Waals surface area contributed by atoms with Crippen molar-refractivity contribution in [3.63, 3.8) is 0 Å². The fraction of sp³-hybridized carbons (Fsp3) is 0.412. The standard InChI is InChI=1S/C17H22BrN3/c1-10-6-7-14(8-15(10)18)17-20-12(3)16(13(4)21-17)11(2)9-19-5/h6-8,11,19H,9H2,1-5H3. The van der Waals surface area contributed by atoms with E-state index in [1.165, 1.54) is 11.1 Å². The highest BCUT2D eigenvalue weighted by Crippen LogP contribution is 2.27. The number of nitrogens with zero attached hydrogens (tertiary/aromatic N) is 2. The SMILES string of the molecule is CNCC(C)c1c(C)nc(-c2ccc(C)c(Br)c2)nc1C. The average Bonchev–Trinajstić information content (AvgIpc) is 2.41. The van der Waals surface area contributed by atoms with Crippen LogP contribution >= 0.6 is 15.9 Å². The van der Waals surface area contributed by atoms with Gasteiger partial charge in [-0.2, -0.15) is 0 Å². The number of halogens is 1. The quantitative estimate of drug-likeness (QED) is 0.902. The molecule has 2 rings (SSSR count). The highest BCUT2D eigenvalue weighted by atomic mass is 79.9. The predicted molar refractivity (Wildman–Crippen MR) is 91.7 cm³/mol. The van der Waals surface area contributed by atoms with Crippen LogP contribution in [-0.4, -0.2) is 23.6 Å². The van der Waals surface area contributed by atoms with E-state index in [1.54, 1.807) is 0 Å². The van der Waals surface area contributed by atoms with E-state index in [4.69, 9.17) is 9.97 Å². The number of likely N-dealkylation sites (N-methyl/N-ethyl adjacent to an activating group) is 1.